The Morgan fingerprint density at radius 2 is 1.83 bits per heavy atom. The van der Waals surface area contributed by atoms with E-state index in [2.05, 4.69) is 29.7 Å². The molecule has 0 aliphatic carbocycles. The Morgan fingerprint density at radius 3 is 2.48 bits per heavy atom. The second-order valence-corrected chi connectivity index (χ2v) is 5.30. The van der Waals surface area contributed by atoms with Crippen molar-refractivity contribution in [3.05, 3.63) is 65.7 Å². The van der Waals surface area contributed by atoms with Crippen LogP contribution in [0, 0.1) is 0 Å². The van der Waals surface area contributed by atoms with Crippen LogP contribution in [0.15, 0.2) is 54.6 Å². The van der Waals surface area contributed by atoms with Crippen molar-refractivity contribution in [3.63, 3.8) is 0 Å². The summed E-state index contributed by atoms with van der Waals surface area (Å²) in [5, 5.41) is 5.41. The molecule has 0 fully saturated rings. The smallest absolute Gasteiger partial charge is 0.316 e. The molecule has 0 saturated heterocycles. The van der Waals surface area contributed by atoms with Crippen LogP contribution in [0.2, 0.25) is 0 Å². The Bertz CT molecular complexity index is 671. The van der Waals surface area contributed by atoms with Crippen molar-refractivity contribution < 1.29 is 9.59 Å². The molecular formula is C18H21N3O2. The Hall–Kier alpha value is -2.82. The average molecular weight is 311 g/mol. The Morgan fingerprint density at radius 1 is 1.09 bits per heavy atom. The van der Waals surface area contributed by atoms with Gasteiger partial charge in [0.05, 0.1) is 0 Å². The number of hydrogen-bond donors (Lipinski definition) is 3. The second-order valence-electron chi connectivity index (χ2n) is 5.30. The number of nitrogens with two attached hydrogens (primary N) is 1. The number of primary amides is 1. The summed E-state index contributed by atoms with van der Waals surface area (Å²) in [5.74, 6) is 0.0968. The predicted octanol–water partition coefficient (Wildman–Crippen LogP) is 3.10. The third-order valence-corrected chi connectivity index (χ3v) is 3.67. The SMILES string of the molecule is CC[C@H](CNC(=O)c1cccc(NC(N)=O)c1)c1ccccc1. The molecular weight excluding hydrogens is 290 g/mol. The normalized spacial score (nSPS) is 11.5. The molecule has 3 amide bonds. The van der Waals surface area contributed by atoms with Gasteiger partial charge in [-0.1, -0.05) is 43.3 Å². The zero-order valence-electron chi connectivity index (χ0n) is 13.1. The zero-order valence-corrected chi connectivity index (χ0v) is 13.1. The molecule has 0 spiro atoms. The summed E-state index contributed by atoms with van der Waals surface area (Å²) >= 11 is 0. The van der Waals surface area contributed by atoms with Crippen molar-refractivity contribution in [3.8, 4) is 0 Å². The van der Waals surface area contributed by atoms with Gasteiger partial charge < -0.3 is 16.4 Å². The fourth-order valence-corrected chi connectivity index (χ4v) is 2.42. The molecule has 5 heteroatoms. The molecule has 0 saturated carbocycles. The Balaban J connectivity index is 2.00. The third kappa shape index (κ3) is 4.85. The number of carbonyl (C=O) groups is 2. The molecule has 120 valence electrons. The molecule has 0 unspecified atom stereocenters. The van der Waals surface area contributed by atoms with Gasteiger partial charge in [-0.15, -0.1) is 0 Å². The van der Waals surface area contributed by atoms with Gasteiger partial charge >= 0.3 is 6.03 Å². The number of urea groups is 1. The van der Waals surface area contributed by atoms with Crippen LogP contribution in [0.1, 0.15) is 35.2 Å². The summed E-state index contributed by atoms with van der Waals surface area (Å²) in [6.07, 6.45) is 0.938. The van der Waals surface area contributed by atoms with E-state index in [-0.39, 0.29) is 11.8 Å². The second kappa shape index (κ2) is 7.98. The molecule has 2 rings (SSSR count). The highest BCUT2D eigenvalue weighted by atomic mass is 16.2. The lowest BCUT2D eigenvalue weighted by Crippen LogP contribution is -2.28. The minimum atomic E-state index is -0.655. The summed E-state index contributed by atoms with van der Waals surface area (Å²) in [6.45, 7) is 2.66. The summed E-state index contributed by atoms with van der Waals surface area (Å²) in [7, 11) is 0. The van der Waals surface area contributed by atoms with E-state index in [9.17, 15) is 9.59 Å². The number of amides is 3. The van der Waals surface area contributed by atoms with Gasteiger partial charge in [0.1, 0.15) is 0 Å². The van der Waals surface area contributed by atoms with E-state index in [0.29, 0.717) is 17.8 Å². The van der Waals surface area contributed by atoms with Crippen molar-refractivity contribution in [1.29, 1.82) is 0 Å². The lowest BCUT2D eigenvalue weighted by Gasteiger charge is -2.16. The molecule has 2 aromatic carbocycles. The fourth-order valence-electron chi connectivity index (χ4n) is 2.42. The van der Waals surface area contributed by atoms with E-state index in [1.54, 1.807) is 24.3 Å². The Labute approximate surface area is 135 Å². The highest BCUT2D eigenvalue weighted by Crippen LogP contribution is 2.18. The van der Waals surface area contributed by atoms with E-state index in [4.69, 9.17) is 5.73 Å². The molecule has 0 radical (unpaired) electrons. The highest BCUT2D eigenvalue weighted by Gasteiger charge is 2.12. The minimum absolute atomic E-state index is 0.174. The van der Waals surface area contributed by atoms with Crippen LogP contribution in [0.3, 0.4) is 0 Å². The number of carbonyl (C=O) groups excluding carboxylic acids is 2. The van der Waals surface area contributed by atoms with E-state index < -0.39 is 6.03 Å². The number of benzene rings is 2. The first kappa shape index (κ1) is 16.5. The number of hydrogen-bond acceptors (Lipinski definition) is 2. The summed E-state index contributed by atoms with van der Waals surface area (Å²) in [6, 6.07) is 16.1. The van der Waals surface area contributed by atoms with Crippen LogP contribution in [-0.2, 0) is 0 Å². The van der Waals surface area contributed by atoms with Gasteiger partial charge in [0.25, 0.3) is 5.91 Å². The lowest BCUT2D eigenvalue weighted by atomic mass is 9.96. The lowest BCUT2D eigenvalue weighted by molar-refractivity contribution is 0.0951. The monoisotopic (exact) mass is 311 g/mol. The van der Waals surface area contributed by atoms with Crippen molar-refractivity contribution >= 4 is 17.6 Å². The van der Waals surface area contributed by atoms with Crippen molar-refractivity contribution in [2.45, 2.75) is 19.3 Å². The average Bonchev–Trinajstić information content (AvgIpc) is 2.56. The number of anilines is 1. The topological polar surface area (TPSA) is 84.2 Å². The summed E-state index contributed by atoms with van der Waals surface area (Å²) < 4.78 is 0. The van der Waals surface area contributed by atoms with Crippen molar-refractivity contribution in [1.82, 2.24) is 5.32 Å². The van der Waals surface area contributed by atoms with E-state index >= 15 is 0 Å². The fraction of sp³-hybridized carbons (Fsp3) is 0.222. The van der Waals surface area contributed by atoms with Crippen LogP contribution in [0.4, 0.5) is 10.5 Å². The van der Waals surface area contributed by atoms with Crippen molar-refractivity contribution in [2.24, 2.45) is 5.73 Å². The quantitative estimate of drug-likeness (QED) is 0.766. The standard InChI is InChI=1S/C18H21N3O2/c1-2-13(14-7-4-3-5-8-14)12-20-17(22)15-9-6-10-16(11-15)21-18(19)23/h3-11,13H,2,12H2,1H3,(H,20,22)(H3,19,21,23)/t13-/m1/s1. The number of rotatable bonds is 6. The van der Waals surface area contributed by atoms with Crippen LogP contribution in [-0.4, -0.2) is 18.5 Å². The van der Waals surface area contributed by atoms with Gasteiger partial charge in [-0.05, 0) is 30.2 Å². The van der Waals surface area contributed by atoms with Gasteiger partial charge in [-0.2, -0.15) is 0 Å². The molecule has 2 aromatic rings. The van der Waals surface area contributed by atoms with Gasteiger partial charge in [0.15, 0.2) is 0 Å². The molecule has 4 N–H and O–H groups in total. The van der Waals surface area contributed by atoms with E-state index in [1.165, 1.54) is 5.56 Å². The maximum Gasteiger partial charge on any atom is 0.316 e. The molecule has 5 nitrogen and oxygen atoms in total. The van der Waals surface area contributed by atoms with Crippen LogP contribution in [0.5, 0.6) is 0 Å². The maximum atomic E-state index is 12.3. The van der Waals surface area contributed by atoms with Crippen LogP contribution >= 0.6 is 0 Å². The van der Waals surface area contributed by atoms with E-state index in [1.807, 2.05) is 18.2 Å². The number of nitrogens with one attached hydrogen (secondary N) is 2. The summed E-state index contributed by atoms with van der Waals surface area (Å²) in [4.78, 5) is 23.2. The van der Waals surface area contributed by atoms with Gasteiger partial charge in [0.2, 0.25) is 0 Å². The molecule has 0 aliphatic heterocycles. The predicted molar refractivity (Wildman–Crippen MR) is 91.5 cm³/mol. The van der Waals surface area contributed by atoms with Gasteiger partial charge in [-0.3, -0.25) is 4.79 Å². The van der Waals surface area contributed by atoms with Crippen LogP contribution < -0.4 is 16.4 Å². The van der Waals surface area contributed by atoms with Crippen LogP contribution in [0.25, 0.3) is 0 Å². The van der Waals surface area contributed by atoms with E-state index in [0.717, 1.165) is 6.42 Å². The molecule has 0 bridgehead atoms. The first-order valence-corrected chi connectivity index (χ1v) is 7.59. The minimum Gasteiger partial charge on any atom is -0.351 e. The zero-order chi connectivity index (χ0) is 16.7. The Kier molecular flexibility index (Phi) is 5.74. The van der Waals surface area contributed by atoms with Gasteiger partial charge in [0, 0.05) is 23.7 Å². The maximum absolute atomic E-state index is 12.3. The van der Waals surface area contributed by atoms with Crippen molar-refractivity contribution in [2.75, 3.05) is 11.9 Å². The molecule has 0 aromatic heterocycles. The molecule has 23 heavy (non-hydrogen) atoms. The van der Waals surface area contributed by atoms with Gasteiger partial charge in [-0.25, -0.2) is 4.79 Å². The molecule has 1 atom stereocenters. The largest absolute Gasteiger partial charge is 0.351 e. The first-order chi connectivity index (χ1) is 11.1. The summed E-state index contributed by atoms with van der Waals surface area (Å²) in [5.41, 5.74) is 7.27. The third-order valence-electron chi connectivity index (χ3n) is 3.67. The molecule has 0 aliphatic rings. The molecule has 0 heterocycles. The first-order valence-electron chi connectivity index (χ1n) is 7.59. The highest BCUT2D eigenvalue weighted by molar-refractivity contribution is 5.96.